The van der Waals surface area contributed by atoms with Gasteiger partial charge in [0, 0.05) is 38.1 Å². The van der Waals surface area contributed by atoms with Crippen LogP contribution in [0, 0.1) is 11.3 Å². The van der Waals surface area contributed by atoms with Crippen molar-refractivity contribution in [1.82, 2.24) is 14.8 Å². The second-order valence-electron chi connectivity index (χ2n) is 8.83. The molecule has 5 rings (SSSR count). The molecular weight excluding hydrogens is 547 g/mol. The molecule has 2 aromatic carbocycles. The monoisotopic (exact) mass is 578 g/mol. The molecule has 2 aliphatic heterocycles. The normalized spacial score (nSPS) is 14.3. The van der Waals surface area contributed by atoms with Gasteiger partial charge in [-0.05, 0) is 43.8 Å². The maximum absolute atomic E-state index is 9.68. The maximum atomic E-state index is 9.68. The number of ether oxygens (including phenoxy) is 5. The fraction of sp³-hybridized carbons (Fsp3) is 0.370. The summed E-state index contributed by atoms with van der Waals surface area (Å²) in [6.45, 7) is 6.09. The molecule has 2 N–H and O–H groups in total. The quantitative estimate of drug-likeness (QED) is 0.299. The van der Waals surface area contributed by atoms with Gasteiger partial charge in [-0.2, -0.15) is 5.26 Å². The van der Waals surface area contributed by atoms with E-state index in [1.54, 1.807) is 31.4 Å². The molecule has 40 heavy (non-hydrogen) atoms. The molecule has 0 bridgehead atoms. The number of likely N-dealkylation sites (N-methyl/N-ethyl adjacent to an activating group) is 1. The summed E-state index contributed by atoms with van der Waals surface area (Å²) in [7, 11) is 3.76. The van der Waals surface area contributed by atoms with Gasteiger partial charge in [-0.25, -0.2) is 9.78 Å². The van der Waals surface area contributed by atoms with Gasteiger partial charge in [-0.3, -0.25) is 0 Å². The topological polar surface area (TPSA) is 147 Å². The Balaban J connectivity index is 0.000000828. The van der Waals surface area contributed by atoms with Gasteiger partial charge in [0.25, 0.3) is 0 Å². The van der Waals surface area contributed by atoms with E-state index in [0.717, 1.165) is 39.1 Å². The van der Waals surface area contributed by atoms with E-state index in [9.17, 15) is 5.26 Å². The van der Waals surface area contributed by atoms with Crippen molar-refractivity contribution >= 4 is 68.4 Å². The van der Waals surface area contributed by atoms with Crippen LogP contribution in [0.1, 0.15) is 12.1 Å². The zero-order valence-electron chi connectivity index (χ0n) is 21.8. The number of piperazine rings is 1. The molecule has 0 amide bonds. The predicted octanol–water partition coefficient (Wildman–Crippen LogP) is 3.23. The zero-order chi connectivity index (χ0) is 27.8. The molecule has 2 aliphatic rings. The fourth-order valence-electron chi connectivity index (χ4n) is 4.31. The van der Waals surface area contributed by atoms with Crippen LogP contribution in [-0.4, -0.2) is 143 Å². The second-order valence-corrected chi connectivity index (χ2v) is 8.83. The average Bonchev–Trinajstić information content (AvgIpc) is 3.41. The van der Waals surface area contributed by atoms with Crippen molar-refractivity contribution in [3.05, 3.63) is 42.1 Å². The van der Waals surface area contributed by atoms with Crippen LogP contribution >= 0.6 is 0 Å². The average molecular weight is 579 g/mol. The third-order valence-electron chi connectivity index (χ3n) is 6.24. The number of nitriles is 1. The Morgan fingerprint density at radius 1 is 1.10 bits per heavy atom. The molecule has 1 saturated heterocycles. The number of para-hydroxylation sites is 1. The summed E-state index contributed by atoms with van der Waals surface area (Å²) in [6.07, 6.45) is -0.911. The van der Waals surface area contributed by atoms with Crippen LogP contribution in [0.4, 0.5) is 4.79 Å². The molecule has 0 spiro atoms. The second kappa shape index (κ2) is 15.2. The summed E-state index contributed by atoms with van der Waals surface area (Å²) in [5.74, 6) is 3.04. The van der Waals surface area contributed by atoms with Crippen molar-refractivity contribution in [2.24, 2.45) is 0 Å². The van der Waals surface area contributed by atoms with Gasteiger partial charge in [-0.1, -0.05) is 6.07 Å². The molecule has 1 fully saturated rings. The summed E-state index contributed by atoms with van der Waals surface area (Å²) in [6, 6.07) is 12.9. The molecular formula is C27H31KN4O8. The van der Waals surface area contributed by atoms with Crippen molar-refractivity contribution in [2.75, 3.05) is 60.3 Å². The van der Waals surface area contributed by atoms with Crippen molar-refractivity contribution in [3.8, 4) is 40.6 Å². The van der Waals surface area contributed by atoms with Crippen LogP contribution in [0.2, 0.25) is 0 Å². The van der Waals surface area contributed by atoms with Gasteiger partial charge in [0.15, 0.2) is 34.4 Å². The van der Waals surface area contributed by atoms with Gasteiger partial charge >= 0.3 is 57.5 Å². The van der Waals surface area contributed by atoms with Crippen molar-refractivity contribution < 1.29 is 38.7 Å². The molecule has 12 nitrogen and oxygen atoms in total. The molecule has 13 heteroatoms. The number of aromatic nitrogens is 1. The van der Waals surface area contributed by atoms with Gasteiger partial charge in [0.2, 0.25) is 12.5 Å². The Bertz CT molecular complexity index is 1350. The molecule has 0 unspecified atom stereocenters. The molecule has 0 radical (unpaired) electrons. The first-order valence-corrected chi connectivity index (χ1v) is 12.3. The van der Waals surface area contributed by atoms with Crippen LogP contribution in [0.25, 0.3) is 10.9 Å². The first-order chi connectivity index (χ1) is 18.9. The third-order valence-corrected chi connectivity index (χ3v) is 6.24. The van der Waals surface area contributed by atoms with Crippen LogP contribution < -0.4 is 23.7 Å². The van der Waals surface area contributed by atoms with Crippen LogP contribution in [0.15, 0.2) is 36.4 Å². The Labute approximate surface area is 274 Å². The minimum absolute atomic E-state index is 0. The van der Waals surface area contributed by atoms with Crippen LogP contribution in [-0.2, 0) is 0 Å². The summed E-state index contributed by atoms with van der Waals surface area (Å²) < 4.78 is 28.8. The molecule has 0 atom stereocenters. The molecule has 208 valence electrons. The standard InChI is InChI=1S/C26H28N4O5.CH2O3.K.H/c1-29-10-12-30(13-11-29)9-4-14-32-22-8-7-19-18(25(22)31-2)15-24(20(16-27)28-19)35-23-6-3-5-21-26(23)34-17-33-21;2-1(3)4;;/h3,5-8,15H,4,9-14,17H2,1-2H3;(H2,2,3,4);;. The number of rotatable bonds is 8. The number of hydrogen-bond acceptors (Lipinski definition) is 10. The van der Waals surface area contributed by atoms with E-state index in [1.807, 2.05) is 12.1 Å². The van der Waals surface area contributed by atoms with Crippen molar-refractivity contribution in [2.45, 2.75) is 6.42 Å². The summed E-state index contributed by atoms with van der Waals surface area (Å²) >= 11 is 0. The van der Waals surface area contributed by atoms with E-state index in [4.69, 9.17) is 38.7 Å². The SMILES string of the molecule is COc1c(OCCCN2CCN(C)CC2)ccc2nc(C#N)c(Oc3cccc4c3OCO4)cc12.O=C(O)O.[KH]. The van der Waals surface area contributed by atoms with Gasteiger partial charge in [0.1, 0.15) is 6.07 Å². The number of fused-ring (bicyclic) bond motifs is 2. The molecule has 3 heterocycles. The fourth-order valence-corrected chi connectivity index (χ4v) is 4.31. The Morgan fingerprint density at radius 2 is 1.85 bits per heavy atom. The van der Waals surface area contributed by atoms with E-state index < -0.39 is 6.16 Å². The van der Waals surface area contributed by atoms with E-state index in [0.29, 0.717) is 52.0 Å². The van der Waals surface area contributed by atoms with E-state index in [1.165, 1.54) is 0 Å². The molecule has 3 aromatic rings. The first-order valence-electron chi connectivity index (χ1n) is 12.3. The number of carbonyl (C=O) groups is 1. The number of pyridine rings is 1. The van der Waals surface area contributed by atoms with E-state index >= 15 is 0 Å². The number of nitrogens with zero attached hydrogens (tertiary/aromatic N) is 4. The Hall–Kier alpha value is -2.83. The van der Waals surface area contributed by atoms with Crippen molar-refractivity contribution in [3.63, 3.8) is 0 Å². The number of benzene rings is 2. The van der Waals surface area contributed by atoms with Gasteiger partial charge in [-0.15, -0.1) is 0 Å². The predicted molar refractivity (Wildman–Crippen MR) is 148 cm³/mol. The van der Waals surface area contributed by atoms with E-state index in [2.05, 4.69) is 27.9 Å². The number of hydrogen-bond donors (Lipinski definition) is 2. The minimum atomic E-state index is -1.83. The summed E-state index contributed by atoms with van der Waals surface area (Å²) in [5.41, 5.74) is 0.783. The Kier molecular flexibility index (Phi) is 12.1. The van der Waals surface area contributed by atoms with Crippen LogP contribution in [0.3, 0.4) is 0 Å². The molecule has 0 aliphatic carbocycles. The zero-order valence-corrected chi connectivity index (χ0v) is 21.8. The van der Waals surface area contributed by atoms with E-state index in [-0.39, 0.29) is 63.9 Å². The summed E-state index contributed by atoms with van der Waals surface area (Å²) in [5, 5.41) is 24.3. The number of carboxylic acid groups (broad SMARTS) is 2. The Morgan fingerprint density at radius 3 is 2.55 bits per heavy atom. The van der Waals surface area contributed by atoms with Gasteiger partial charge < -0.3 is 43.7 Å². The molecule has 1 aromatic heterocycles. The number of methoxy groups -OCH3 is 1. The third kappa shape index (κ3) is 8.11. The molecule has 0 saturated carbocycles. The van der Waals surface area contributed by atoms with Crippen LogP contribution in [0.5, 0.6) is 34.5 Å². The van der Waals surface area contributed by atoms with Gasteiger partial charge in [0.05, 0.1) is 19.2 Å². The van der Waals surface area contributed by atoms with Crippen molar-refractivity contribution in [1.29, 1.82) is 5.26 Å². The first kappa shape index (κ1) is 31.7. The summed E-state index contributed by atoms with van der Waals surface area (Å²) in [4.78, 5) is 17.9.